The van der Waals surface area contributed by atoms with Gasteiger partial charge in [0.2, 0.25) is 0 Å². The molecule has 1 atom stereocenters. The van der Waals surface area contributed by atoms with E-state index in [0.29, 0.717) is 11.5 Å². The van der Waals surface area contributed by atoms with E-state index < -0.39 is 0 Å². The fraction of sp³-hybridized carbons (Fsp3) is 0.421. The Balaban J connectivity index is 1.57. The number of carbonyl (C=O) groups is 1. The predicted octanol–water partition coefficient (Wildman–Crippen LogP) is 4.07. The van der Waals surface area contributed by atoms with Crippen LogP contribution in [0.5, 0.6) is 0 Å². The maximum absolute atomic E-state index is 12.4. The van der Waals surface area contributed by atoms with E-state index in [0.717, 1.165) is 32.4 Å². The molecular formula is C19H23NO2. The fourth-order valence-electron chi connectivity index (χ4n) is 3.30. The number of amides is 1. The van der Waals surface area contributed by atoms with E-state index in [1.165, 1.54) is 17.5 Å². The van der Waals surface area contributed by atoms with E-state index in [9.17, 15) is 4.79 Å². The second kappa shape index (κ2) is 6.82. The summed E-state index contributed by atoms with van der Waals surface area (Å²) in [6.07, 6.45) is 7.68. The maximum Gasteiger partial charge on any atom is 0.257 e. The number of hydrogen-bond acceptors (Lipinski definition) is 2. The third-order valence-electron chi connectivity index (χ3n) is 4.66. The number of aryl methyl sites for hydroxylation is 2. The van der Waals surface area contributed by atoms with Crippen LogP contribution in [0.2, 0.25) is 0 Å². The van der Waals surface area contributed by atoms with E-state index in [-0.39, 0.29) is 5.91 Å². The monoisotopic (exact) mass is 297 g/mol. The van der Waals surface area contributed by atoms with Gasteiger partial charge in [-0.2, -0.15) is 0 Å². The molecule has 0 saturated carbocycles. The van der Waals surface area contributed by atoms with Gasteiger partial charge < -0.3 is 9.32 Å². The molecule has 1 aromatic heterocycles. The molecule has 0 spiro atoms. The summed E-state index contributed by atoms with van der Waals surface area (Å²) in [5, 5.41) is 0. The van der Waals surface area contributed by atoms with E-state index >= 15 is 0 Å². The first-order valence-electron chi connectivity index (χ1n) is 8.10. The van der Waals surface area contributed by atoms with Crippen molar-refractivity contribution in [2.75, 3.05) is 13.1 Å². The topological polar surface area (TPSA) is 33.5 Å². The Labute approximate surface area is 131 Å². The zero-order valence-electron chi connectivity index (χ0n) is 13.1. The molecule has 1 amide bonds. The molecule has 1 aromatic carbocycles. The summed E-state index contributed by atoms with van der Waals surface area (Å²) in [7, 11) is 0. The van der Waals surface area contributed by atoms with Gasteiger partial charge in [0.05, 0.1) is 11.8 Å². The molecule has 1 fully saturated rings. The van der Waals surface area contributed by atoms with Gasteiger partial charge in [-0.15, -0.1) is 0 Å². The van der Waals surface area contributed by atoms with Crippen LogP contribution in [0.1, 0.15) is 40.7 Å². The molecule has 2 aromatic rings. The summed E-state index contributed by atoms with van der Waals surface area (Å²) in [5.41, 5.74) is 3.46. The number of benzene rings is 1. The molecule has 1 aliphatic rings. The molecule has 0 bridgehead atoms. The zero-order chi connectivity index (χ0) is 15.4. The number of hydrogen-bond donors (Lipinski definition) is 0. The number of likely N-dealkylation sites (tertiary alicyclic amines) is 1. The smallest absolute Gasteiger partial charge is 0.257 e. The van der Waals surface area contributed by atoms with Crippen molar-refractivity contribution in [1.82, 2.24) is 4.90 Å². The highest BCUT2D eigenvalue weighted by Crippen LogP contribution is 2.23. The highest BCUT2D eigenvalue weighted by atomic mass is 16.3. The minimum absolute atomic E-state index is 0.106. The van der Waals surface area contributed by atoms with Gasteiger partial charge in [-0.3, -0.25) is 4.79 Å². The average molecular weight is 297 g/mol. The Bertz CT molecular complexity index is 618. The Morgan fingerprint density at radius 3 is 2.95 bits per heavy atom. The quantitative estimate of drug-likeness (QED) is 0.852. The summed E-state index contributed by atoms with van der Waals surface area (Å²) < 4.78 is 5.02. The first-order valence-corrected chi connectivity index (χ1v) is 8.10. The normalized spacial score (nSPS) is 18.4. The van der Waals surface area contributed by atoms with Gasteiger partial charge in [0, 0.05) is 13.1 Å². The number of nitrogens with zero attached hydrogens (tertiary/aromatic N) is 1. The molecule has 116 valence electrons. The van der Waals surface area contributed by atoms with Crippen molar-refractivity contribution >= 4 is 5.91 Å². The Hall–Kier alpha value is -2.03. The molecule has 0 radical (unpaired) electrons. The lowest BCUT2D eigenvalue weighted by atomic mass is 9.90. The molecule has 2 heterocycles. The van der Waals surface area contributed by atoms with Gasteiger partial charge in [0.25, 0.3) is 5.91 Å². The van der Waals surface area contributed by atoms with E-state index in [1.54, 1.807) is 18.6 Å². The zero-order valence-corrected chi connectivity index (χ0v) is 13.1. The van der Waals surface area contributed by atoms with Crippen LogP contribution < -0.4 is 0 Å². The van der Waals surface area contributed by atoms with Gasteiger partial charge in [-0.05, 0) is 55.7 Å². The van der Waals surface area contributed by atoms with Crippen molar-refractivity contribution in [3.05, 3.63) is 59.5 Å². The maximum atomic E-state index is 12.4. The SMILES string of the molecule is Cc1ccccc1CCC1CCCN(C(=O)c2ccoc2)C1. The Kier molecular flexibility index (Phi) is 4.62. The first kappa shape index (κ1) is 14.9. The molecule has 22 heavy (non-hydrogen) atoms. The van der Waals surface area contributed by atoms with Crippen LogP contribution in [-0.4, -0.2) is 23.9 Å². The lowest BCUT2D eigenvalue weighted by molar-refractivity contribution is 0.0667. The third kappa shape index (κ3) is 3.41. The van der Waals surface area contributed by atoms with E-state index in [2.05, 4.69) is 31.2 Å². The third-order valence-corrected chi connectivity index (χ3v) is 4.66. The van der Waals surface area contributed by atoms with Gasteiger partial charge in [-0.25, -0.2) is 0 Å². The van der Waals surface area contributed by atoms with Crippen LogP contribution in [0.15, 0.2) is 47.3 Å². The van der Waals surface area contributed by atoms with Crippen LogP contribution in [0.3, 0.4) is 0 Å². The molecule has 0 N–H and O–H groups in total. The van der Waals surface area contributed by atoms with Crippen molar-refractivity contribution < 1.29 is 9.21 Å². The van der Waals surface area contributed by atoms with Crippen molar-refractivity contribution in [2.45, 2.75) is 32.6 Å². The van der Waals surface area contributed by atoms with E-state index in [4.69, 9.17) is 4.42 Å². The molecule has 1 saturated heterocycles. The predicted molar refractivity (Wildman–Crippen MR) is 86.8 cm³/mol. The first-order chi connectivity index (χ1) is 10.7. The van der Waals surface area contributed by atoms with Gasteiger partial charge in [0.15, 0.2) is 0 Å². The van der Waals surface area contributed by atoms with Crippen LogP contribution in [0.4, 0.5) is 0 Å². The molecule has 1 unspecified atom stereocenters. The second-order valence-corrected chi connectivity index (χ2v) is 6.24. The van der Waals surface area contributed by atoms with Crippen LogP contribution in [-0.2, 0) is 6.42 Å². The highest BCUT2D eigenvalue weighted by Gasteiger charge is 2.24. The van der Waals surface area contributed by atoms with Crippen molar-refractivity contribution in [3.63, 3.8) is 0 Å². The summed E-state index contributed by atoms with van der Waals surface area (Å²) in [6, 6.07) is 10.3. The van der Waals surface area contributed by atoms with E-state index in [1.807, 2.05) is 4.90 Å². The van der Waals surface area contributed by atoms with Crippen LogP contribution in [0, 0.1) is 12.8 Å². The van der Waals surface area contributed by atoms with Gasteiger partial charge in [-0.1, -0.05) is 24.3 Å². The summed E-state index contributed by atoms with van der Waals surface area (Å²) in [6.45, 7) is 3.91. The van der Waals surface area contributed by atoms with Crippen LogP contribution >= 0.6 is 0 Å². The van der Waals surface area contributed by atoms with Crippen molar-refractivity contribution in [3.8, 4) is 0 Å². The standard InChI is InChI=1S/C19H23NO2/c1-15-5-2-3-7-17(15)9-8-16-6-4-11-20(13-16)19(21)18-10-12-22-14-18/h2-3,5,7,10,12,14,16H,4,6,8-9,11,13H2,1H3. The van der Waals surface area contributed by atoms with Gasteiger partial charge in [0.1, 0.15) is 6.26 Å². The molecule has 1 aliphatic heterocycles. The fourth-order valence-corrected chi connectivity index (χ4v) is 3.30. The molecule has 3 rings (SSSR count). The average Bonchev–Trinajstić information content (AvgIpc) is 3.08. The lowest BCUT2D eigenvalue weighted by Gasteiger charge is -2.32. The minimum atomic E-state index is 0.106. The van der Waals surface area contributed by atoms with Crippen molar-refractivity contribution in [1.29, 1.82) is 0 Å². The number of rotatable bonds is 4. The lowest BCUT2D eigenvalue weighted by Crippen LogP contribution is -2.39. The minimum Gasteiger partial charge on any atom is -0.472 e. The summed E-state index contributed by atoms with van der Waals surface area (Å²) in [4.78, 5) is 14.4. The van der Waals surface area contributed by atoms with Crippen molar-refractivity contribution in [2.24, 2.45) is 5.92 Å². The van der Waals surface area contributed by atoms with Crippen LogP contribution in [0.25, 0.3) is 0 Å². The number of furan rings is 1. The van der Waals surface area contributed by atoms with Gasteiger partial charge >= 0.3 is 0 Å². The molecule has 3 heteroatoms. The Morgan fingerprint density at radius 2 is 2.18 bits per heavy atom. The molecular weight excluding hydrogens is 274 g/mol. The summed E-state index contributed by atoms with van der Waals surface area (Å²) in [5.74, 6) is 0.707. The Morgan fingerprint density at radius 1 is 1.32 bits per heavy atom. The molecule has 0 aliphatic carbocycles. The summed E-state index contributed by atoms with van der Waals surface area (Å²) >= 11 is 0. The second-order valence-electron chi connectivity index (χ2n) is 6.24. The number of carbonyl (C=O) groups excluding carboxylic acids is 1. The molecule has 3 nitrogen and oxygen atoms in total. The number of piperidine rings is 1. The largest absolute Gasteiger partial charge is 0.472 e. The highest BCUT2D eigenvalue weighted by molar-refractivity contribution is 5.93.